The number of rotatable bonds is 5. The smallest absolute Gasteiger partial charge is 0.159 e. The summed E-state index contributed by atoms with van der Waals surface area (Å²) in [7, 11) is 1.38. The van der Waals surface area contributed by atoms with Crippen LogP contribution in [0.1, 0.15) is 0 Å². The molecule has 0 fully saturated rings. The van der Waals surface area contributed by atoms with Gasteiger partial charge < -0.3 is 4.74 Å². The molecule has 0 aliphatic heterocycles. The zero-order valence-electron chi connectivity index (χ0n) is 5.82. The Bertz CT molecular complexity index is 126. The van der Waals surface area contributed by atoms with Gasteiger partial charge in [0.1, 0.15) is 13.2 Å². The van der Waals surface area contributed by atoms with E-state index in [-0.39, 0.29) is 6.54 Å². The zero-order chi connectivity index (χ0) is 7.98. The number of nitrogens with zero attached hydrogens (tertiary/aromatic N) is 2. The van der Waals surface area contributed by atoms with E-state index in [1.807, 2.05) is 0 Å². The molecule has 5 heteroatoms. The van der Waals surface area contributed by atoms with Crippen LogP contribution in [0, 0.1) is 10.1 Å². The number of hydrogen-bond donors (Lipinski definition) is 0. The van der Waals surface area contributed by atoms with Gasteiger partial charge in [-0.1, -0.05) is 6.58 Å². The van der Waals surface area contributed by atoms with Crippen molar-refractivity contribution in [2.24, 2.45) is 0 Å². The summed E-state index contributed by atoms with van der Waals surface area (Å²) in [6, 6.07) is 0. The maximum atomic E-state index is 9.94. The molecule has 0 amide bonds. The second kappa shape index (κ2) is 4.60. The van der Waals surface area contributed by atoms with Crippen LogP contribution in [0.25, 0.3) is 0 Å². The van der Waals surface area contributed by atoms with E-state index in [4.69, 9.17) is 0 Å². The standard InChI is InChI=1S/C5H10N2O3/c1-3-10-5-4-6(2)7(8)9/h3H,1,4-5H2,2H3. The molecule has 0 aromatic rings. The third-order valence-corrected chi connectivity index (χ3v) is 0.929. The molecule has 0 saturated carbocycles. The van der Waals surface area contributed by atoms with Gasteiger partial charge in [0.15, 0.2) is 5.03 Å². The van der Waals surface area contributed by atoms with E-state index in [0.717, 1.165) is 5.01 Å². The van der Waals surface area contributed by atoms with Crippen LogP contribution in [-0.4, -0.2) is 30.2 Å². The average molecular weight is 146 g/mol. The van der Waals surface area contributed by atoms with Crippen LogP contribution in [-0.2, 0) is 4.74 Å². The van der Waals surface area contributed by atoms with Crippen molar-refractivity contribution in [2.45, 2.75) is 0 Å². The van der Waals surface area contributed by atoms with Gasteiger partial charge in [0.25, 0.3) is 0 Å². The van der Waals surface area contributed by atoms with Gasteiger partial charge in [-0.2, -0.15) is 0 Å². The molecule has 10 heavy (non-hydrogen) atoms. The van der Waals surface area contributed by atoms with Crippen molar-refractivity contribution in [3.05, 3.63) is 23.0 Å². The minimum absolute atomic E-state index is 0.263. The number of nitro groups is 1. The first-order valence-electron chi connectivity index (χ1n) is 2.76. The minimum atomic E-state index is -0.494. The molecule has 0 spiro atoms. The molecule has 0 radical (unpaired) electrons. The highest BCUT2D eigenvalue weighted by molar-refractivity contribution is 4.48. The summed E-state index contributed by atoms with van der Waals surface area (Å²) in [4.78, 5) is 9.94. The first-order valence-corrected chi connectivity index (χ1v) is 2.76. The van der Waals surface area contributed by atoms with Crippen LogP contribution in [0.2, 0.25) is 0 Å². The van der Waals surface area contributed by atoms with Crippen LogP contribution >= 0.6 is 0 Å². The van der Waals surface area contributed by atoms with Crippen LogP contribution in [0.3, 0.4) is 0 Å². The maximum absolute atomic E-state index is 9.94. The van der Waals surface area contributed by atoms with E-state index in [0.29, 0.717) is 6.61 Å². The highest BCUT2D eigenvalue weighted by Gasteiger charge is 2.04. The molecular formula is C5H10N2O3. The molecule has 0 bridgehead atoms. The van der Waals surface area contributed by atoms with Gasteiger partial charge in [-0.3, -0.25) is 0 Å². The molecule has 0 heterocycles. The van der Waals surface area contributed by atoms with E-state index in [1.165, 1.54) is 13.3 Å². The van der Waals surface area contributed by atoms with Gasteiger partial charge in [-0.15, -0.1) is 5.01 Å². The molecule has 0 aliphatic rings. The fourth-order valence-corrected chi connectivity index (χ4v) is 0.350. The van der Waals surface area contributed by atoms with Gasteiger partial charge in [0.05, 0.1) is 13.3 Å². The summed E-state index contributed by atoms with van der Waals surface area (Å²) in [5.74, 6) is 0. The predicted octanol–water partition coefficient (Wildman–Crippen LogP) is 0.270. The van der Waals surface area contributed by atoms with Gasteiger partial charge in [0, 0.05) is 0 Å². The molecular weight excluding hydrogens is 136 g/mol. The molecule has 0 atom stereocenters. The second-order valence-corrected chi connectivity index (χ2v) is 1.66. The Labute approximate surface area is 59.0 Å². The van der Waals surface area contributed by atoms with Crippen molar-refractivity contribution in [1.82, 2.24) is 5.01 Å². The summed E-state index contributed by atoms with van der Waals surface area (Å²) in [5.41, 5.74) is 0. The van der Waals surface area contributed by atoms with Crippen LogP contribution in [0.15, 0.2) is 12.8 Å². The van der Waals surface area contributed by atoms with Gasteiger partial charge in [-0.25, -0.2) is 10.1 Å². The lowest BCUT2D eigenvalue weighted by molar-refractivity contribution is -0.649. The highest BCUT2D eigenvalue weighted by atomic mass is 16.7. The van der Waals surface area contributed by atoms with Crippen molar-refractivity contribution < 1.29 is 9.77 Å². The Morgan fingerprint density at radius 1 is 1.90 bits per heavy atom. The zero-order valence-corrected chi connectivity index (χ0v) is 5.82. The fraction of sp³-hybridized carbons (Fsp3) is 0.600. The Morgan fingerprint density at radius 2 is 2.50 bits per heavy atom. The monoisotopic (exact) mass is 146 g/mol. The Kier molecular flexibility index (Phi) is 4.02. The van der Waals surface area contributed by atoms with Crippen molar-refractivity contribution >= 4 is 0 Å². The van der Waals surface area contributed by atoms with E-state index in [1.54, 1.807) is 0 Å². The fourth-order valence-electron chi connectivity index (χ4n) is 0.350. The molecule has 0 N–H and O–H groups in total. The van der Waals surface area contributed by atoms with Crippen LogP contribution in [0.4, 0.5) is 0 Å². The summed E-state index contributed by atoms with van der Waals surface area (Å²) < 4.78 is 4.67. The summed E-state index contributed by atoms with van der Waals surface area (Å²) >= 11 is 0. The van der Waals surface area contributed by atoms with Crippen LogP contribution < -0.4 is 0 Å². The van der Waals surface area contributed by atoms with Crippen molar-refractivity contribution in [1.29, 1.82) is 0 Å². The van der Waals surface area contributed by atoms with Gasteiger partial charge in [-0.05, 0) is 0 Å². The molecule has 0 rings (SSSR count). The summed E-state index contributed by atoms with van der Waals surface area (Å²) in [6.07, 6.45) is 1.26. The van der Waals surface area contributed by atoms with E-state index >= 15 is 0 Å². The molecule has 58 valence electrons. The number of hydrazine groups is 1. The van der Waals surface area contributed by atoms with Crippen molar-refractivity contribution in [3.8, 4) is 0 Å². The first kappa shape index (κ1) is 8.74. The lowest BCUT2D eigenvalue weighted by Crippen LogP contribution is -2.28. The van der Waals surface area contributed by atoms with Crippen LogP contribution in [0.5, 0.6) is 0 Å². The Balaban J connectivity index is 3.30. The number of ether oxygens (including phenoxy) is 1. The topological polar surface area (TPSA) is 55.6 Å². The highest BCUT2D eigenvalue weighted by Crippen LogP contribution is 1.82. The number of hydrogen-bond acceptors (Lipinski definition) is 3. The van der Waals surface area contributed by atoms with Gasteiger partial charge >= 0.3 is 0 Å². The maximum Gasteiger partial charge on any atom is 0.159 e. The Hall–Kier alpha value is -1.26. The van der Waals surface area contributed by atoms with Crippen molar-refractivity contribution in [3.63, 3.8) is 0 Å². The third-order valence-electron chi connectivity index (χ3n) is 0.929. The quantitative estimate of drug-likeness (QED) is 0.242. The molecule has 0 aliphatic carbocycles. The van der Waals surface area contributed by atoms with E-state index in [9.17, 15) is 10.1 Å². The normalized spacial score (nSPS) is 8.50. The number of likely N-dealkylation sites (N-methyl/N-ethyl adjacent to an activating group) is 1. The molecule has 0 aromatic carbocycles. The molecule has 0 unspecified atom stereocenters. The molecule has 5 nitrogen and oxygen atoms in total. The average Bonchev–Trinajstić information content (AvgIpc) is 1.88. The van der Waals surface area contributed by atoms with Gasteiger partial charge in [0.2, 0.25) is 0 Å². The second-order valence-electron chi connectivity index (χ2n) is 1.66. The predicted molar refractivity (Wildman–Crippen MR) is 35.8 cm³/mol. The lowest BCUT2D eigenvalue weighted by Gasteiger charge is -2.06. The SMILES string of the molecule is C=COCCN(C)[N+](=O)[O-]. The van der Waals surface area contributed by atoms with E-state index in [2.05, 4.69) is 11.3 Å². The minimum Gasteiger partial charge on any atom is -0.500 e. The summed E-state index contributed by atoms with van der Waals surface area (Å²) in [6.45, 7) is 3.85. The lowest BCUT2D eigenvalue weighted by atomic mass is 10.7. The Morgan fingerprint density at radius 3 is 2.90 bits per heavy atom. The largest absolute Gasteiger partial charge is 0.500 e. The first-order chi connectivity index (χ1) is 4.68. The van der Waals surface area contributed by atoms with E-state index < -0.39 is 5.03 Å². The molecule has 0 saturated heterocycles. The summed E-state index contributed by atoms with van der Waals surface area (Å²) in [5, 5.41) is 10.4. The van der Waals surface area contributed by atoms with Crippen molar-refractivity contribution in [2.75, 3.05) is 20.2 Å². The molecule has 0 aromatic heterocycles. The third kappa shape index (κ3) is 3.71.